The van der Waals surface area contributed by atoms with Crippen LogP contribution in [0.4, 0.5) is 0 Å². The van der Waals surface area contributed by atoms with Gasteiger partial charge in [0.1, 0.15) is 0 Å². The number of aromatic hydroxyl groups is 1. The summed E-state index contributed by atoms with van der Waals surface area (Å²) in [6, 6.07) is 5.42. The first kappa shape index (κ1) is 15.1. The molecular weight excluding hydrogens is 254 g/mol. The van der Waals surface area contributed by atoms with Crippen LogP contribution < -0.4 is 10.1 Å². The molecular formula is C16H25NO3. The van der Waals surface area contributed by atoms with Gasteiger partial charge in [0.15, 0.2) is 11.5 Å². The van der Waals surface area contributed by atoms with Gasteiger partial charge in [-0.2, -0.15) is 0 Å². The van der Waals surface area contributed by atoms with Crippen molar-refractivity contribution in [3.8, 4) is 11.5 Å². The second kappa shape index (κ2) is 6.46. The molecule has 1 fully saturated rings. The highest BCUT2D eigenvalue weighted by atomic mass is 16.5. The van der Waals surface area contributed by atoms with Gasteiger partial charge in [-0.3, -0.25) is 0 Å². The molecule has 1 aromatic carbocycles. The summed E-state index contributed by atoms with van der Waals surface area (Å²) in [6.45, 7) is 3.62. The molecule has 0 amide bonds. The molecule has 1 saturated carbocycles. The fourth-order valence-corrected chi connectivity index (χ4v) is 2.93. The predicted molar refractivity (Wildman–Crippen MR) is 78.9 cm³/mol. The van der Waals surface area contributed by atoms with Gasteiger partial charge in [-0.25, -0.2) is 0 Å². The highest BCUT2D eigenvalue weighted by molar-refractivity contribution is 5.41. The average Bonchev–Trinajstić information content (AvgIpc) is 2.43. The Kier molecular flexibility index (Phi) is 4.89. The third-order valence-corrected chi connectivity index (χ3v) is 4.38. The van der Waals surface area contributed by atoms with Crippen molar-refractivity contribution in [1.82, 2.24) is 5.32 Å². The van der Waals surface area contributed by atoms with Gasteiger partial charge in [0.25, 0.3) is 0 Å². The third-order valence-electron chi connectivity index (χ3n) is 4.38. The van der Waals surface area contributed by atoms with Crippen LogP contribution >= 0.6 is 0 Å². The van der Waals surface area contributed by atoms with Crippen molar-refractivity contribution in [2.24, 2.45) is 5.41 Å². The van der Waals surface area contributed by atoms with E-state index in [0.29, 0.717) is 12.3 Å². The lowest BCUT2D eigenvalue weighted by molar-refractivity contribution is 0.00115. The van der Waals surface area contributed by atoms with Crippen molar-refractivity contribution in [1.29, 1.82) is 0 Å². The smallest absolute Gasteiger partial charge is 0.160 e. The Hall–Kier alpha value is -1.26. The number of methoxy groups -OCH3 is 1. The van der Waals surface area contributed by atoms with E-state index in [-0.39, 0.29) is 17.3 Å². The molecule has 1 aliphatic carbocycles. The van der Waals surface area contributed by atoms with Crippen LogP contribution in [0, 0.1) is 5.41 Å². The molecule has 0 bridgehead atoms. The van der Waals surface area contributed by atoms with Crippen molar-refractivity contribution >= 4 is 0 Å². The Morgan fingerprint density at radius 1 is 1.40 bits per heavy atom. The van der Waals surface area contributed by atoms with Crippen LogP contribution in [-0.4, -0.2) is 30.0 Å². The number of aliphatic hydroxyl groups is 1. The summed E-state index contributed by atoms with van der Waals surface area (Å²) in [5, 5.41) is 23.3. The highest BCUT2D eigenvalue weighted by Crippen LogP contribution is 2.35. The Labute approximate surface area is 120 Å². The van der Waals surface area contributed by atoms with E-state index in [0.717, 1.165) is 31.4 Å². The maximum Gasteiger partial charge on any atom is 0.160 e. The summed E-state index contributed by atoms with van der Waals surface area (Å²) < 4.78 is 5.03. The van der Waals surface area contributed by atoms with Gasteiger partial charge < -0.3 is 20.3 Å². The van der Waals surface area contributed by atoms with E-state index < -0.39 is 0 Å². The lowest BCUT2D eigenvalue weighted by Gasteiger charge is -2.38. The fourth-order valence-electron chi connectivity index (χ4n) is 2.93. The number of ether oxygens (including phenoxy) is 1. The Balaban J connectivity index is 1.87. The standard InChI is InChI=1S/C16H25NO3/c1-16(8-4-3-5-15(16)19)11-17-10-12-6-7-14(20-2)13(18)9-12/h6-7,9,15,17-19H,3-5,8,10-11H2,1-2H3. The molecule has 0 spiro atoms. The highest BCUT2D eigenvalue weighted by Gasteiger charge is 2.34. The molecule has 1 aliphatic rings. The zero-order valence-corrected chi connectivity index (χ0v) is 12.4. The van der Waals surface area contributed by atoms with E-state index in [1.54, 1.807) is 12.1 Å². The quantitative estimate of drug-likeness (QED) is 0.774. The summed E-state index contributed by atoms with van der Waals surface area (Å²) >= 11 is 0. The summed E-state index contributed by atoms with van der Waals surface area (Å²) in [6.07, 6.45) is 4.08. The molecule has 20 heavy (non-hydrogen) atoms. The first-order valence-corrected chi connectivity index (χ1v) is 7.30. The average molecular weight is 279 g/mol. The van der Waals surface area contributed by atoms with Crippen LogP contribution in [0.5, 0.6) is 11.5 Å². The summed E-state index contributed by atoms with van der Waals surface area (Å²) in [4.78, 5) is 0. The van der Waals surface area contributed by atoms with Crippen LogP contribution in [0.1, 0.15) is 38.2 Å². The molecule has 3 N–H and O–H groups in total. The lowest BCUT2D eigenvalue weighted by atomic mass is 9.73. The van der Waals surface area contributed by atoms with E-state index in [1.807, 2.05) is 6.07 Å². The van der Waals surface area contributed by atoms with Crippen LogP contribution in [0.2, 0.25) is 0 Å². The third kappa shape index (κ3) is 3.44. The number of nitrogens with one attached hydrogen (secondary N) is 1. The SMILES string of the molecule is COc1ccc(CNCC2(C)CCCCC2O)cc1O. The molecule has 4 heteroatoms. The molecule has 0 saturated heterocycles. The van der Waals surface area contributed by atoms with Gasteiger partial charge in [-0.05, 0) is 30.5 Å². The fraction of sp³-hybridized carbons (Fsp3) is 0.625. The molecule has 4 nitrogen and oxygen atoms in total. The van der Waals surface area contributed by atoms with Crippen LogP contribution in [-0.2, 0) is 6.54 Å². The molecule has 0 radical (unpaired) electrons. The molecule has 2 atom stereocenters. The van der Waals surface area contributed by atoms with E-state index in [1.165, 1.54) is 13.5 Å². The van der Waals surface area contributed by atoms with E-state index >= 15 is 0 Å². The van der Waals surface area contributed by atoms with Crippen LogP contribution in [0.15, 0.2) is 18.2 Å². The second-order valence-corrected chi connectivity index (χ2v) is 6.03. The van der Waals surface area contributed by atoms with E-state index in [9.17, 15) is 10.2 Å². The molecule has 0 aromatic heterocycles. The largest absolute Gasteiger partial charge is 0.504 e. The van der Waals surface area contributed by atoms with Gasteiger partial charge in [-0.15, -0.1) is 0 Å². The minimum atomic E-state index is -0.215. The van der Waals surface area contributed by atoms with Crippen molar-refractivity contribution < 1.29 is 14.9 Å². The maximum atomic E-state index is 10.1. The number of aliphatic hydroxyl groups excluding tert-OH is 1. The molecule has 1 aromatic rings. The normalized spacial score (nSPS) is 26.4. The van der Waals surface area contributed by atoms with E-state index in [2.05, 4.69) is 12.2 Å². The molecule has 2 unspecified atom stereocenters. The summed E-state index contributed by atoms with van der Waals surface area (Å²) in [7, 11) is 1.54. The Bertz CT molecular complexity index is 449. The van der Waals surface area contributed by atoms with Gasteiger partial charge in [0.2, 0.25) is 0 Å². The molecule has 112 valence electrons. The number of rotatable bonds is 5. The minimum Gasteiger partial charge on any atom is -0.504 e. The second-order valence-electron chi connectivity index (χ2n) is 6.03. The molecule has 2 rings (SSSR count). The van der Waals surface area contributed by atoms with Crippen molar-refractivity contribution in [2.75, 3.05) is 13.7 Å². The first-order chi connectivity index (χ1) is 9.55. The topological polar surface area (TPSA) is 61.7 Å². The number of hydrogen-bond donors (Lipinski definition) is 3. The Morgan fingerprint density at radius 2 is 2.20 bits per heavy atom. The van der Waals surface area contributed by atoms with Gasteiger partial charge >= 0.3 is 0 Å². The predicted octanol–water partition coefficient (Wildman–Crippen LogP) is 2.43. The van der Waals surface area contributed by atoms with Crippen LogP contribution in [0.3, 0.4) is 0 Å². The van der Waals surface area contributed by atoms with Crippen molar-refractivity contribution in [3.63, 3.8) is 0 Å². The Morgan fingerprint density at radius 3 is 2.85 bits per heavy atom. The monoisotopic (exact) mass is 279 g/mol. The van der Waals surface area contributed by atoms with Gasteiger partial charge in [-0.1, -0.05) is 25.8 Å². The van der Waals surface area contributed by atoms with Crippen molar-refractivity contribution in [2.45, 2.75) is 45.3 Å². The zero-order chi connectivity index (χ0) is 14.6. The first-order valence-electron chi connectivity index (χ1n) is 7.30. The lowest BCUT2D eigenvalue weighted by Crippen LogP contribution is -2.43. The van der Waals surface area contributed by atoms with Gasteiger partial charge in [0, 0.05) is 18.5 Å². The van der Waals surface area contributed by atoms with E-state index in [4.69, 9.17) is 4.74 Å². The van der Waals surface area contributed by atoms with Gasteiger partial charge in [0.05, 0.1) is 13.2 Å². The zero-order valence-electron chi connectivity index (χ0n) is 12.4. The summed E-state index contributed by atoms with van der Waals surface area (Å²) in [5.74, 6) is 0.652. The number of phenolic OH excluding ortho intramolecular Hbond substituents is 1. The number of benzene rings is 1. The van der Waals surface area contributed by atoms with Crippen LogP contribution in [0.25, 0.3) is 0 Å². The maximum absolute atomic E-state index is 10.1. The van der Waals surface area contributed by atoms with Crippen molar-refractivity contribution in [3.05, 3.63) is 23.8 Å². The minimum absolute atomic E-state index is 0.0350. The molecule has 0 heterocycles. The molecule has 0 aliphatic heterocycles. The summed E-state index contributed by atoms with van der Waals surface area (Å²) in [5.41, 5.74) is 0.976. The number of phenols is 1. The number of hydrogen-bond acceptors (Lipinski definition) is 4.